The first-order chi connectivity index (χ1) is 6.21. The van der Waals surface area contributed by atoms with Crippen molar-refractivity contribution in [3.8, 4) is 0 Å². The maximum Gasteiger partial charge on any atom is 0.311 e. The lowest BCUT2D eigenvalue weighted by Crippen LogP contribution is -2.21. The van der Waals surface area contributed by atoms with Gasteiger partial charge in [-0.2, -0.15) is 0 Å². The van der Waals surface area contributed by atoms with E-state index < -0.39 is 11.4 Å². The van der Waals surface area contributed by atoms with E-state index in [0.717, 1.165) is 19.3 Å². The molecule has 76 valence electrons. The minimum Gasteiger partial charge on any atom is -0.481 e. The van der Waals surface area contributed by atoms with Gasteiger partial charge < -0.3 is 9.84 Å². The molecule has 1 aliphatic carbocycles. The van der Waals surface area contributed by atoms with Gasteiger partial charge in [0.15, 0.2) is 0 Å². The number of carboxylic acids is 1. The number of ether oxygens (including phenoxy) is 1. The third-order valence-corrected chi connectivity index (χ3v) is 2.58. The highest BCUT2D eigenvalue weighted by atomic mass is 16.5. The fourth-order valence-electron chi connectivity index (χ4n) is 1.29. The maximum atomic E-state index is 10.7. The Morgan fingerprint density at radius 2 is 2.15 bits per heavy atom. The predicted molar refractivity (Wildman–Crippen MR) is 49.6 cm³/mol. The van der Waals surface area contributed by atoms with Crippen LogP contribution in [-0.4, -0.2) is 24.3 Å². The molecule has 0 heterocycles. The summed E-state index contributed by atoms with van der Waals surface area (Å²) in [7, 11) is 0. The quantitative estimate of drug-likeness (QED) is 0.619. The summed E-state index contributed by atoms with van der Waals surface area (Å²) in [6.45, 7) is 3.26. The van der Waals surface area contributed by atoms with E-state index in [1.54, 1.807) is 0 Å². The monoisotopic (exact) mass is 186 g/mol. The molecule has 0 aliphatic heterocycles. The summed E-state index contributed by atoms with van der Waals surface area (Å²) >= 11 is 0. The zero-order valence-electron chi connectivity index (χ0n) is 8.21. The average molecular weight is 186 g/mol. The molecule has 1 rings (SSSR count). The molecule has 0 atom stereocenters. The normalized spacial score (nSPS) is 18.5. The second-order valence-corrected chi connectivity index (χ2v) is 3.85. The highest BCUT2D eigenvalue weighted by Crippen LogP contribution is 2.45. The van der Waals surface area contributed by atoms with Gasteiger partial charge in [-0.1, -0.05) is 19.8 Å². The lowest BCUT2D eigenvalue weighted by Gasteiger charge is -2.09. The van der Waals surface area contributed by atoms with E-state index in [1.807, 2.05) is 0 Å². The van der Waals surface area contributed by atoms with Gasteiger partial charge in [0.05, 0.1) is 12.0 Å². The van der Waals surface area contributed by atoms with E-state index >= 15 is 0 Å². The van der Waals surface area contributed by atoms with Gasteiger partial charge in [-0.05, 0) is 19.3 Å². The first-order valence-electron chi connectivity index (χ1n) is 5.02. The molecule has 0 saturated heterocycles. The summed E-state index contributed by atoms with van der Waals surface area (Å²) < 4.78 is 5.34. The average Bonchev–Trinajstić information content (AvgIpc) is 2.85. The summed E-state index contributed by atoms with van der Waals surface area (Å²) in [5.41, 5.74) is -0.508. The van der Waals surface area contributed by atoms with Crippen LogP contribution in [0.5, 0.6) is 0 Å². The highest BCUT2D eigenvalue weighted by Gasteiger charge is 2.50. The van der Waals surface area contributed by atoms with Crippen molar-refractivity contribution >= 4 is 5.97 Å². The molecule has 13 heavy (non-hydrogen) atoms. The van der Waals surface area contributed by atoms with Gasteiger partial charge in [0, 0.05) is 6.61 Å². The maximum absolute atomic E-state index is 10.7. The zero-order valence-corrected chi connectivity index (χ0v) is 8.21. The molecule has 1 fully saturated rings. The molecule has 3 nitrogen and oxygen atoms in total. The van der Waals surface area contributed by atoms with Crippen LogP contribution in [0, 0.1) is 5.41 Å². The van der Waals surface area contributed by atoms with Crippen LogP contribution in [0.25, 0.3) is 0 Å². The van der Waals surface area contributed by atoms with Gasteiger partial charge in [0.25, 0.3) is 0 Å². The number of aliphatic carboxylic acids is 1. The van der Waals surface area contributed by atoms with Crippen molar-refractivity contribution in [3.05, 3.63) is 0 Å². The van der Waals surface area contributed by atoms with Gasteiger partial charge in [-0.15, -0.1) is 0 Å². The van der Waals surface area contributed by atoms with Crippen LogP contribution in [0.1, 0.15) is 39.0 Å². The van der Waals surface area contributed by atoms with Crippen LogP contribution in [0.15, 0.2) is 0 Å². The number of carboxylic acid groups (broad SMARTS) is 1. The molecule has 0 aromatic rings. The van der Waals surface area contributed by atoms with Gasteiger partial charge >= 0.3 is 5.97 Å². The van der Waals surface area contributed by atoms with Crippen LogP contribution in [0.3, 0.4) is 0 Å². The molecular weight excluding hydrogens is 168 g/mol. The summed E-state index contributed by atoms with van der Waals surface area (Å²) in [6, 6.07) is 0. The molecule has 0 spiro atoms. The van der Waals surface area contributed by atoms with E-state index in [9.17, 15) is 4.79 Å². The number of carbonyl (C=O) groups is 1. The smallest absolute Gasteiger partial charge is 0.311 e. The summed E-state index contributed by atoms with van der Waals surface area (Å²) in [4.78, 5) is 10.7. The van der Waals surface area contributed by atoms with Gasteiger partial charge in [-0.25, -0.2) is 0 Å². The number of hydrogen-bond donors (Lipinski definition) is 1. The Balaban J connectivity index is 2.03. The Kier molecular flexibility index (Phi) is 3.72. The summed E-state index contributed by atoms with van der Waals surface area (Å²) in [5.74, 6) is -0.692. The Hall–Kier alpha value is -0.570. The van der Waals surface area contributed by atoms with Crippen molar-refractivity contribution in [3.63, 3.8) is 0 Å². The summed E-state index contributed by atoms with van der Waals surface area (Å²) in [5, 5.41) is 8.83. The summed E-state index contributed by atoms with van der Waals surface area (Å²) in [6.07, 6.45) is 4.96. The van der Waals surface area contributed by atoms with E-state index in [-0.39, 0.29) is 0 Å². The van der Waals surface area contributed by atoms with Crippen molar-refractivity contribution in [1.82, 2.24) is 0 Å². The molecule has 0 bridgehead atoms. The molecule has 0 aromatic carbocycles. The van der Waals surface area contributed by atoms with Crippen molar-refractivity contribution < 1.29 is 14.6 Å². The van der Waals surface area contributed by atoms with E-state index in [2.05, 4.69) is 6.92 Å². The number of unbranched alkanes of at least 4 members (excludes halogenated alkanes) is 2. The van der Waals surface area contributed by atoms with Crippen LogP contribution in [0.4, 0.5) is 0 Å². The Morgan fingerprint density at radius 1 is 1.46 bits per heavy atom. The van der Waals surface area contributed by atoms with Crippen LogP contribution >= 0.6 is 0 Å². The standard InChI is InChI=1S/C10H18O3/c1-2-3-4-7-13-8-10(5-6-10)9(11)12/h2-8H2,1H3,(H,11,12). The zero-order chi connectivity index (χ0) is 9.73. The van der Waals surface area contributed by atoms with Crippen LogP contribution < -0.4 is 0 Å². The lowest BCUT2D eigenvalue weighted by molar-refractivity contribution is -0.145. The molecule has 0 unspecified atom stereocenters. The van der Waals surface area contributed by atoms with Crippen molar-refractivity contribution in [2.24, 2.45) is 5.41 Å². The van der Waals surface area contributed by atoms with Crippen molar-refractivity contribution in [1.29, 1.82) is 0 Å². The Morgan fingerprint density at radius 3 is 2.62 bits per heavy atom. The third kappa shape index (κ3) is 2.99. The molecule has 1 N–H and O–H groups in total. The first kappa shape index (κ1) is 10.5. The third-order valence-electron chi connectivity index (χ3n) is 2.58. The number of hydrogen-bond acceptors (Lipinski definition) is 2. The Labute approximate surface area is 79.1 Å². The molecule has 0 radical (unpaired) electrons. The molecule has 1 saturated carbocycles. The molecule has 3 heteroatoms. The second-order valence-electron chi connectivity index (χ2n) is 3.85. The van der Waals surface area contributed by atoms with Crippen LogP contribution in [0.2, 0.25) is 0 Å². The topological polar surface area (TPSA) is 46.5 Å². The second kappa shape index (κ2) is 4.61. The van der Waals surface area contributed by atoms with Crippen molar-refractivity contribution in [2.45, 2.75) is 39.0 Å². The highest BCUT2D eigenvalue weighted by molar-refractivity contribution is 5.77. The fourth-order valence-corrected chi connectivity index (χ4v) is 1.29. The van der Waals surface area contributed by atoms with E-state index in [4.69, 9.17) is 9.84 Å². The van der Waals surface area contributed by atoms with E-state index in [1.165, 1.54) is 12.8 Å². The number of rotatable bonds is 7. The SMILES string of the molecule is CCCCCOCC1(C(=O)O)CC1. The predicted octanol–water partition coefficient (Wildman–Crippen LogP) is 2.06. The van der Waals surface area contributed by atoms with Gasteiger partial charge in [0.2, 0.25) is 0 Å². The fraction of sp³-hybridized carbons (Fsp3) is 0.900. The van der Waals surface area contributed by atoms with Crippen LogP contribution in [-0.2, 0) is 9.53 Å². The largest absolute Gasteiger partial charge is 0.481 e. The minimum atomic E-state index is -0.692. The lowest BCUT2D eigenvalue weighted by atomic mass is 10.1. The Bertz CT molecular complexity index is 173. The van der Waals surface area contributed by atoms with Gasteiger partial charge in [0.1, 0.15) is 0 Å². The van der Waals surface area contributed by atoms with E-state index in [0.29, 0.717) is 13.2 Å². The minimum absolute atomic E-state index is 0.409. The molecule has 0 amide bonds. The van der Waals surface area contributed by atoms with Gasteiger partial charge in [-0.3, -0.25) is 4.79 Å². The molecule has 0 aromatic heterocycles. The molecule has 1 aliphatic rings. The van der Waals surface area contributed by atoms with Crippen molar-refractivity contribution in [2.75, 3.05) is 13.2 Å². The molecular formula is C10H18O3. The first-order valence-corrected chi connectivity index (χ1v) is 5.02.